The topological polar surface area (TPSA) is 52.7 Å². The van der Waals surface area contributed by atoms with Crippen molar-refractivity contribution in [3.63, 3.8) is 0 Å². The quantitative estimate of drug-likeness (QED) is 0.636. The summed E-state index contributed by atoms with van der Waals surface area (Å²) in [5, 5.41) is 3.15. The molecule has 0 bridgehead atoms. The predicted octanol–water partition coefficient (Wildman–Crippen LogP) is 4.28. The molecule has 1 saturated heterocycles. The van der Waals surface area contributed by atoms with Crippen LogP contribution in [0.1, 0.15) is 47.3 Å². The molecule has 1 unspecified atom stereocenters. The van der Waals surface area contributed by atoms with Crippen molar-refractivity contribution in [2.24, 2.45) is 5.92 Å². The number of hydrogen-bond acceptors (Lipinski definition) is 3. The average Bonchev–Trinajstić information content (AvgIpc) is 2.79. The maximum atomic E-state index is 12.8. The third-order valence-electron chi connectivity index (χ3n) is 6.11. The van der Waals surface area contributed by atoms with Crippen LogP contribution in [-0.2, 0) is 11.2 Å². The Kier molecular flexibility index (Phi) is 8.27. The van der Waals surface area contributed by atoms with Gasteiger partial charge < -0.3 is 15.1 Å². The summed E-state index contributed by atoms with van der Waals surface area (Å²) in [6.45, 7) is 3.96. The molecule has 1 aliphatic heterocycles. The van der Waals surface area contributed by atoms with Gasteiger partial charge in [-0.25, -0.2) is 0 Å². The Labute approximate surface area is 193 Å². The van der Waals surface area contributed by atoms with Crippen LogP contribution in [0.4, 0.5) is 0 Å². The lowest BCUT2D eigenvalue weighted by molar-refractivity contribution is -0.126. The highest BCUT2D eigenvalue weighted by molar-refractivity contribution is 9.10. The van der Waals surface area contributed by atoms with Crippen molar-refractivity contribution in [2.45, 2.75) is 32.2 Å². The van der Waals surface area contributed by atoms with Crippen LogP contribution in [0, 0.1) is 5.92 Å². The highest BCUT2D eigenvalue weighted by Gasteiger charge is 2.28. The molecule has 0 saturated carbocycles. The van der Waals surface area contributed by atoms with Crippen LogP contribution in [0.3, 0.4) is 0 Å². The van der Waals surface area contributed by atoms with E-state index in [0.717, 1.165) is 10.9 Å². The Hall–Kier alpha value is -2.18. The van der Waals surface area contributed by atoms with Gasteiger partial charge in [0.2, 0.25) is 5.91 Å². The molecule has 1 aliphatic rings. The largest absolute Gasteiger partial charge is 0.354 e. The normalized spacial score (nSPS) is 15.7. The Balaban J connectivity index is 1.51. The first-order valence-corrected chi connectivity index (χ1v) is 11.8. The van der Waals surface area contributed by atoms with E-state index >= 15 is 0 Å². The van der Waals surface area contributed by atoms with E-state index in [2.05, 4.69) is 57.3 Å². The maximum Gasteiger partial charge on any atom is 0.253 e. The number of carbonyl (C=O) groups excluding carboxylic acids is 2. The molecule has 1 N–H and O–H groups in total. The molecular weight excluding hydrogens is 454 g/mol. The first-order chi connectivity index (χ1) is 14.9. The number of halogens is 1. The Morgan fingerprint density at radius 3 is 2.23 bits per heavy atom. The van der Waals surface area contributed by atoms with Gasteiger partial charge in [-0.15, -0.1) is 0 Å². The number of hydrogen-bond donors (Lipinski definition) is 1. The molecule has 1 atom stereocenters. The van der Waals surface area contributed by atoms with E-state index in [4.69, 9.17) is 0 Å². The zero-order valence-electron chi connectivity index (χ0n) is 18.6. The number of carbonyl (C=O) groups is 2. The van der Waals surface area contributed by atoms with Crippen molar-refractivity contribution in [3.05, 3.63) is 69.7 Å². The SMILES string of the molecule is CCc1ccc(C(CNC(=O)C2CCN(C(=O)c3ccc(Br)cc3)CC2)N(C)C)cc1. The summed E-state index contributed by atoms with van der Waals surface area (Å²) in [6.07, 6.45) is 2.42. The second-order valence-corrected chi connectivity index (χ2v) is 9.31. The summed E-state index contributed by atoms with van der Waals surface area (Å²) in [4.78, 5) is 29.5. The van der Waals surface area contributed by atoms with Gasteiger partial charge in [-0.3, -0.25) is 9.59 Å². The lowest BCUT2D eigenvalue weighted by Gasteiger charge is -2.32. The Bertz CT molecular complexity index is 873. The van der Waals surface area contributed by atoms with E-state index in [-0.39, 0.29) is 23.8 Å². The molecule has 5 nitrogen and oxygen atoms in total. The van der Waals surface area contributed by atoms with Gasteiger partial charge in [-0.1, -0.05) is 47.1 Å². The van der Waals surface area contributed by atoms with Gasteiger partial charge in [0, 0.05) is 35.6 Å². The van der Waals surface area contributed by atoms with Gasteiger partial charge >= 0.3 is 0 Å². The van der Waals surface area contributed by atoms with Gasteiger partial charge in [0.1, 0.15) is 0 Å². The zero-order valence-corrected chi connectivity index (χ0v) is 20.2. The van der Waals surface area contributed by atoms with Crippen molar-refractivity contribution >= 4 is 27.7 Å². The standard InChI is InChI=1S/C25H32BrN3O2/c1-4-18-5-7-19(8-6-18)23(28(2)3)17-27-24(30)20-13-15-29(16-14-20)25(31)21-9-11-22(26)12-10-21/h5-12,20,23H,4,13-17H2,1-3H3,(H,27,30). The lowest BCUT2D eigenvalue weighted by Crippen LogP contribution is -2.44. The summed E-state index contributed by atoms with van der Waals surface area (Å²) >= 11 is 3.40. The Morgan fingerprint density at radius 2 is 1.68 bits per heavy atom. The molecule has 3 rings (SSSR count). The summed E-state index contributed by atoms with van der Waals surface area (Å²) < 4.78 is 0.955. The van der Waals surface area contributed by atoms with Crippen LogP contribution in [0.25, 0.3) is 0 Å². The minimum atomic E-state index is -0.0424. The van der Waals surface area contributed by atoms with Gasteiger partial charge in [-0.2, -0.15) is 0 Å². The number of likely N-dealkylation sites (tertiary alicyclic amines) is 1. The number of benzene rings is 2. The van der Waals surface area contributed by atoms with Gasteiger partial charge in [-0.05, 0) is 68.8 Å². The molecule has 1 heterocycles. The predicted molar refractivity (Wildman–Crippen MR) is 128 cm³/mol. The smallest absolute Gasteiger partial charge is 0.253 e. The molecule has 0 aliphatic carbocycles. The van der Waals surface area contributed by atoms with Crippen molar-refractivity contribution in [1.29, 1.82) is 0 Å². The number of nitrogens with one attached hydrogen (secondary N) is 1. The van der Waals surface area contributed by atoms with Crippen molar-refractivity contribution in [3.8, 4) is 0 Å². The molecule has 31 heavy (non-hydrogen) atoms. The van der Waals surface area contributed by atoms with Gasteiger partial charge in [0.25, 0.3) is 5.91 Å². The van der Waals surface area contributed by atoms with Crippen LogP contribution < -0.4 is 5.32 Å². The van der Waals surface area contributed by atoms with E-state index in [0.29, 0.717) is 38.0 Å². The maximum absolute atomic E-state index is 12.8. The molecule has 2 amide bonds. The number of aryl methyl sites for hydroxylation is 1. The van der Waals surface area contributed by atoms with Gasteiger partial charge in [0.15, 0.2) is 0 Å². The fraction of sp³-hybridized carbons (Fsp3) is 0.440. The summed E-state index contributed by atoms with van der Waals surface area (Å²) in [7, 11) is 4.08. The third kappa shape index (κ3) is 6.17. The van der Waals surface area contributed by atoms with Crippen LogP contribution in [-0.4, -0.2) is 55.3 Å². The highest BCUT2D eigenvalue weighted by atomic mass is 79.9. The Morgan fingerprint density at radius 1 is 1.06 bits per heavy atom. The minimum absolute atomic E-state index is 0.0366. The molecule has 0 radical (unpaired) electrons. The first kappa shape index (κ1) is 23.5. The number of rotatable bonds is 7. The van der Waals surface area contributed by atoms with E-state index in [1.807, 2.05) is 43.3 Å². The second-order valence-electron chi connectivity index (χ2n) is 8.39. The molecule has 2 aromatic rings. The summed E-state index contributed by atoms with van der Waals surface area (Å²) in [6, 6.07) is 16.2. The lowest BCUT2D eigenvalue weighted by atomic mass is 9.95. The van der Waals surface area contributed by atoms with E-state index in [1.54, 1.807) is 0 Å². The number of amides is 2. The summed E-state index contributed by atoms with van der Waals surface area (Å²) in [5.41, 5.74) is 3.21. The molecule has 166 valence electrons. The van der Waals surface area contributed by atoms with E-state index in [9.17, 15) is 9.59 Å². The average molecular weight is 486 g/mol. The van der Waals surface area contributed by atoms with Crippen LogP contribution in [0.15, 0.2) is 53.0 Å². The minimum Gasteiger partial charge on any atom is -0.354 e. The number of piperidine rings is 1. The fourth-order valence-electron chi connectivity index (χ4n) is 4.04. The molecule has 1 fully saturated rings. The molecule has 0 aromatic heterocycles. The molecular formula is C25H32BrN3O2. The van der Waals surface area contributed by atoms with Crippen LogP contribution in [0.5, 0.6) is 0 Å². The highest BCUT2D eigenvalue weighted by Crippen LogP contribution is 2.22. The third-order valence-corrected chi connectivity index (χ3v) is 6.64. The molecule has 6 heteroatoms. The molecule has 2 aromatic carbocycles. The van der Waals surface area contributed by atoms with Crippen molar-refractivity contribution in [1.82, 2.24) is 15.1 Å². The van der Waals surface area contributed by atoms with E-state index in [1.165, 1.54) is 11.1 Å². The van der Waals surface area contributed by atoms with Crippen molar-refractivity contribution < 1.29 is 9.59 Å². The molecule has 0 spiro atoms. The van der Waals surface area contributed by atoms with Crippen LogP contribution >= 0.6 is 15.9 Å². The number of nitrogens with zero attached hydrogens (tertiary/aromatic N) is 2. The zero-order chi connectivity index (χ0) is 22.4. The van der Waals surface area contributed by atoms with Gasteiger partial charge in [0.05, 0.1) is 6.04 Å². The fourth-order valence-corrected chi connectivity index (χ4v) is 4.30. The van der Waals surface area contributed by atoms with Crippen molar-refractivity contribution in [2.75, 3.05) is 33.7 Å². The first-order valence-electron chi connectivity index (χ1n) is 11.0. The monoisotopic (exact) mass is 485 g/mol. The number of likely N-dealkylation sites (N-methyl/N-ethyl adjacent to an activating group) is 1. The van der Waals surface area contributed by atoms with Crippen LogP contribution in [0.2, 0.25) is 0 Å². The second kappa shape index (κ2) is 10.9. The summed E-state index contributed by atoms with van der Waals surface area (Å²) in [5.74, 6) is 0.0848. The van der Waals surface area contributed by atoms with E-state index < -0.39 is 0 Å².